The van der Waals surface area contributed by atoms with Gasteiger partial charge in [0.15, 0.2) is 0 Å². The zero-order chi connectivity index (χ0) is 22.6. The molecule has 0 radical (unpaired) electrons. The summed E-state index contributed by atoms with van der Waals surface area (Å²) < 4.78 is 0. The average molecular weight is 625 g/mol. The molecule has 2 aromatic rings. The number of para-hydroxylation sites is 2. The van der Waals surface area contributed by atoms with Gasteiger partial charge in [0.1, 0.15) is 0 Å². The third kappa shape index (κ3) is 8.90. The molecule has 0 bridgehead atoms. The van der Waals surface area contributed by atoms with Crippen LogP contribution < -0.4 is 34.0 Å². The average Bonchev–Trinajstić information content (AvgIpc) is 2.67. The van der Waals surface area contributed by atoms with Gasteiger partial charge in [0.2, 0.25) is 0 Å². The van der Waals surface area contributed by atoms with Crippen LogP contribution in [0.3, 0.4) is 0 Å². The van der Waals surface area contributed by atoms with Crippen molar-refractivity contribution in [3.63, 3.8) is 0 Å². The molecule has 5 heteroatoms. The second-order valence-corrected chi connectivity index (χ2v) is 9.93. The van der Waals surface area contributed by atoms with Gasteiger partial charge in [0, 0.05) is 0 Å². The van der Waals surface area contributed by atoms with Gasteiger partial charge in [0.25, 0.3) is 0 Å². The molecule has 0 saturated carbocycles. The predicted octanol–water partition coefficient (Wildman–Crippen LogP) is 3.67. The fourth-order valence-electron chi connectivity index (χ4n) is 3.94. The fraction of sp³-hybridized carbons (Fsp3) is 0.571. The molecular weight excluding hydrogens is 583 g/mol. The van der Waals surface area contributed by atoms with Crippen LogP contribution in [0.4, 0.5) is 11.4 Å². The third-order valence-electron chi connectivity index (χ3n) is 6.05. The molecule has 0 spiro atoms. The molecule has 0 aliphatic heterocycles. The van der Waals surface area contributed by atoms with Crippen molar-refractivity contribution in [1.82, 2.24) is 0 Å². The van der Waals surface area contributed by atoms with Crippen molar-refractivity contribution in [2.75, 3.05) is 0 Å². The maximum absolute atomic E-state index is 5.25. The fourth-order valence-corrected chi connectivity index (χ4v) is 3.94. The van der Waals surface area contributed by atoms with Gasteiger partial charge < -0.3 is 44.6 Å². The van der Waals surface area contributed by atoms with Crippen molar-refractivity contribution < 1.29 is 50.5 Å². The normalized spacial score (nSPS) is 12.7. The van der Waals surface area contributed by atoms with Crippen LogP contribution in [0.1, 0.15) is 115 Å². The zero-order valence-corrected chi connectivity index (χ0v) is 26.1. The quantitative estimate of drug-likeness (QED) is 0.381. The van der Waals surface area contributed by atoms with Crippen LogP contribution in [0, 0.1) is 0 Å². The van der Waals surface area contributed by atoms with Crippen molar-refractivity contribution >= 4 is 11.4 Å². The van der Waals surface area contributed by atoms with E-state index in [-0.39, 0.29) is 62.5 Å². The Morgan fingerprint density at radius 3 is 0.848 bits per heavy atom. The first kappa shape index (κ1) is 34.7. The Hall–Kier alpha value is -0.506. The molecule has 2 atom stereocenters. The maximum atomic E-state index is 5.25. The van der Waals surface area contributed by atoms with E-state index in [1.807, 2.05) is 0 Å². The topological polar surface area (TPSA) is 28.2 Å². The molecule has 0 heterocycles. The molecule has 0 amide bonds. The Morgan fingerprint density at radius 1 is 0.455 bits per heavy atom. The molecule has 2 nitrogen and oxygen atoms in total. The Balaban J connectivity index is 0. The van der Waals surface area contributed by atoms with Crippen LogP contribution in [-0.4, -0.2) is 12.1 Å². The van der Waals surface area contributed by atoms with Crippen molar-refractivity contribution in [2.45, 2.75) is 105 Å². The monoisotopic (exact) mass is 622 g/mol. The minimum atomic E-state index is 0. The third-order valence-corrected chi connectivity index (χ3v) is 6.05. The number of benzene rings is 2. The molecular formula is C28H42Br2N2Ni-2. The van der Waals surface area contributed by atoms with E-state index in [9.17, 15) is 0 Å². The summed E-state index contributed by atoms with van der Waals surface area (Å²) in [6.45, 7) is 22.5. The molecule has 0 aromatic heterocycles. The van der Waals surface area contributed by atoms with Crippen molar-refractivity contribution in [2.24, 2.45) is 0 Å². The van der Waals surface area contributed by atoms with E-state index < -0.39 is 0 Å². The molecule has 2 rings (SSSR count). The summed E-state index contributed by atoms with van der Waals surface area (Å²) >= 11 is 0. The molecule has 0 N–H and O–H groups in total. The van der Waals surface area contributed by atoms with Crippen molar-refractivity contribution in [3.8, 4) is 0 Å². The minimum Gasteiger partial charge on any atom is -1.00 e. The van der Waals surface area contributed by atoms with Crippen LogP contribution in [0.25, 0.3) is 10.6 Å². The summed E-state index contributed by atoms with van der Waals surface area (Å²) in [7, 11) is 0. The smallest absolute Gasteiger partial charge is 1.00 e. The molecule has 33 heavy (non-hydrogen) atoms. The van der Waals surface area contributed by atoms with Crippen molar-refractivity contribution in [3.05, 3.63) is 69.3 Å². The van der Waals surface area contributed by atoms with E-state index in [1.54, 1.807) is 0 Å². The van der Waals surface area contributed by atoms with Gasteiger partial charge >= 0.3 is 16.5 Å². The summed E-state index contributed by atoms with van der Waals surface area (Å²) in [5.74, 6) is 1.82. The number of halogens is 2. The van der Waals surface area contributed by atoms with E-state index >= 15 is 0 Å². The molecule has 190 valence electrons. The van der Waals surface area contributed by atoms with Gasteiger partial charge in [-0.05, 0) is 23.7 Å². The van der Waals surface area contributed by atoms with Crippen LogP contribution in [0.15, 0.2) is 36.4 Å². The first-order chi connectivity index (χ1) is 14.0. The maximum Gasteiger partial charge on any atom is 2.00 e. The second-order valence-electron chi connectivity index (χ2n) is 9.93. The van der Waals surface area contributed by atoms with E-state index in [2.05, 4.69) is 106 Å². The first-order valence-electron chi connectivity index (χ1n) is 11.7. The Kier molecular flexibility index (Phi) is 16.3. The van der Waals surface area contributed by atoms with Crippen LogP contribution in [0.2, 0.25) is 0 Å². The molecule has 0 fully saturated rings. The van der Waals surface area contributed by atoms with Gasteiger partial charge in [-0.3, -0.25) is 0 Å². The second kappa shape index (κ2) is 15.5. The van der Waals surface area contributed by atoms with Gasteiger partial charge in [0.05, 0.1) is 0 Å². The van der Waals surface area contributed by atoms with E-state index in [0.717, 1.165) is 0 Å². The predicted molar refractivity (Wildman–Crippen MR) is 134 cm³/mol. The Bertz CT molecular complexity index is 713. The van der Waals surface area contributed by atoms with Gasteiger partial charge in [-0.1, -0.05) is 128 Å². The van der Waals surface area contributed by atoms with E-state index in [1.165, 1.54) is 33.6 Å². The summed E-state index contributed by atoms with van der Waals surface area (Å²) in [4.78, 5) is 0. The van der Waals surface area contributed by atoms with Crippen molar-refractivity contribution in [1.29, 1.82) is 0 Å². The largest absolute Gasteiger partial charge is 2.00 e. The molecule has 2 aromatic carbocycles. The first-order valence-corrected chi connectivity index (χ1v) is 11.7. The Morgan fingerprint density at radius 2 is 0.667 bits per heavy atom. The summed E-state index contributed by atoms with van der Waals surface area (Å²) in [5, 5.41) is 10.5. The summed E-state index contributed by atoms with van der Waals surface area (Å²) in [6, 6.07) is 13.5. The Labute approximate surface area is 234 Å². The molecule has 0 aliphatic carbocycles. The van der Waals surface area contributed by atoms with Gasteiger partial charge in [-0.2, -0.15) is 0 Å². The van der Waals surface area contributed by atoms with Crippen LogP contribution >= 0.6 is 0 Å². The number of rotatable bonds is 9. The van der Waals surface area contributed by atoms with Gasteiger partial charge in [-0.25, -0.2) is 0 Å². The number of hydrogen-bond acceptors (Lipinski definition) is 0. The van der Waals surface area contributed by atoms with Gasteiger partial charge in [-0.15, -0.1) is 23.5 Å². The molecule has 2 unspecified atom stereocenters. The van der Waals surface area contributed by atoms with E-state index in [4.69, 9.17) is 10.6 Å². The molecule has 0 aliphatic rings. The van der Waals surface area contributed by atoms with Crippen LogP contribution in [0.5, 0.6) is 0 Å². The standard InChI is InChI=1S/C28H42N2.2BrH.Ni/c1-17(2)23-13-11-14-24(18(3)4)27(23)29-21(9)22(10)30-28-25(19(5)6)15-12-16-26(28)20(7)8;;;/h11-22H,1-10H3;2*1H;/q-2;;;+2/p-2. The van der Waals surface area contributed by atoms with Crippen LogP contribution in [-0.2, 0) is 16.5 Å². The van der Waals surface area contributed by atoms with E-state index in [0.29, 0.717) is 23.7 Å². The zero-order valence-electron chi connectivity index (χ0n) is 21.9. The minimum absolute atomic E-state index is 0. The molecule has 0 saturated heterocycles. The number of nitrogens with zero attached hydrogens (tertiary/aromatic N) is 2. The summed E-state index contributed by atoms with van der Waals surface area (Å²) in [5.41, 5.74) is 7.71. The SMILES string of the molecule is CC(C)c1cccc(C(C)C)c1[N-]C(C)C(C)[N-]c1c(C(C)C)cccc1C(C)C.[Br-].[Br-].[Ni+2]. The number of hydrogen-bond donors (Lipinski definition) is 0. The summed E-state index contributed by atoms with van der Waals surface area (Å²) in [6.07, 6.45) is 0.